The van der Waals surface area contributed by atoms with Gasteiger partial charge in [0.2, 0.25) is 0 Å². The van der Waals surface area contributed by atoms with E-state index in [1.807, 2.05) is 29.6 Å². The normalized spacial score (nSPS) is 10.7. The van der Waals surface area contributed by atoms with E-state index in [4.69, 9.17) is 5.73 Å². The number of rotatable bonds is 7. The first kappa shape index (κ1) is 21.3. The molecule has 1 heterocycles. The van der Waals surface area contributed by atoms with Crippen molar-refractivity contribution in [2.45, 2.75) is 19.8 Å². The fourth-order valence-corrected chi connectivity index (χ4v) is 2.52. The number of nitrogens with zero attached hydrogens (tertiary/aromatic N) is 1. The van der Waals surface area contributed by atoms with Crippen molar-refractivity contribution in [2.24, 2.45) is 10.7 Å². The van der Waals surface area contributed by atoms with Gasteiger partial charge in [-0.15, -0.1) is 45.3 Å². The van der Waals surface area contributed by atoms with Gasteiger partial charge in [0.1, 0.15) is 5.84 Å². The van der Waals surface area contributed by atoms with Crippen molar-refractivity contribution in [3.8, 4) is 0 Å². The summed E-state index contributed by atoms with van der Waals surface area (Å²) in [4.78, 5) is 5.45. The summed E-state index contributed by atoms with van der Waals surface area (Å²) >= 11 is 1.61. The van der Waals surface area contributed by atoms with Crippen LogP contribution in [0.1, 0.15) is 23.8 Å². The van der Waals surface area contributed by atoms with Crippen LogP contribution in [0.15, 0.2) is 46.8 Å². The molecule has 1 aromatic heterocycles. The minimum atomic E-state index is 0. The van der Waals surface area contributed by atoms with Gasteiger partial charge in [0.25, 0.3) is 0 Å². The fourth-order valence-electron chi connectivity index (χ4n) is 1.89. The first-order chi connectivity index (χ1) is 9.79. The Morgan fingerprint density at radius 1 is 1.14 bits per heavy atom. The Hall–Kier alpha value is -0.690. The van der Waals surface area contributed by atoms with Crippen molar-refractivity contribution < 1.29 is 0 Å². The molecular weight excluding hydrogens is 426 g/mol. The maximum Gasteiger partial charge on any atom is 0.141 e. The Labute approximate surface area is 157 Å². The summed E-state index contributed by atoms with van der Waals surface area (Å²) in [5.74, 6) is 0.581. The van der Waals surface area contributed by atoms with Crippen LogP contribution >= 0.6 is 45.3 Å². The second kappa shape index (κ2) is 11.8. The molecule has 2 aromatic rings. The SMILES string of the molecule is Br.Br.CCCNCCc1ccc(N=C(N)c2cccs2)cc1. The third kappa shape index (κ3) is 7.05. The maximum atomic E-state index is 5.97. The van der Waals surface area contributed by atoms with E-state index in [-0.39, 0.29) is 34.0 Å². The molecular formula is C16H23Br2N3S. The van der Waals surface area contributed by atoms with E-state index in [0.29, 0.717) is 5.84 Å². The molecule has 0 radical (unpaired) electrons. The number of halogens is 2. The summed E-state index contributed by atoms with van der Waals surface area (Å²) in [6.45, 7) is 4.28. The topological polar surface area (TPSA) is 50.4 Å². The predicted molar refractivity (Wildman–Crippen MR) is 109 cm³/mol. The summed E-state index contributed by atoms with van der Waals surface area (Å²) in [6, 6.07) is 12.2. The summed E-state index contributed by atoms with van der Waals surface area (Å²) in [6.07, 6.45) is 2.22. The quantitative estimate of drug-likeness (QED) is 0.372. The summed E-state index contributed by atoms with van der Waals surface area (Å²) < 4.78 is 0. The number of hydrogen-bond acceptors (Lipinski definition) is 3. The average molecular weight is 449 g/mol. The average Bonchev–Trinajstić information content (AvgIpc) is 3.00. The van der Waals surface area contributed by atoms with Crippen LogP contribution in [0.5, 0.6) is 0 Å². The van der Waals surface area contributed by atoms with Crippen LogP contribution in [-0.4, -0.2) is 18.9 Å². The molecule has 6 heteroatoms. The van der Waals surface area contributed by atoms with Gasteiger partial charge in [0.15, 0.2) is 0 Å². The zero-order valence-corrected chi connectivity index (χ0v) is 16.9. The Morgan fingerprint density at radius 2 is 1.86 bits per heavy atom. The number of hydrogen-bond donors (Lipinski definition) is 2. The number of nitrogens with one attached hydrogen (secondary N) is 1. The lowest BCUT2D eigenvalue weighted by atomic mass is 10.1. The van der Waals surface area contributed by atoms with Crippen molar-refractivity contribution in [1.29, 1.82) is 0 Å². The van der Waals surface area contributed by atoms with E-state index in [9.17, 15) is 0 Å². The van der Waals surface area contributed by atoms with Gasteiger partial charge in [-0.05, 0) is 55.1 Å². The van der Waals surface area contributed by atoms with Crippen molar-refractivity contribution >= 4 is 56.8 Å². The first-order valence-corrected chi connectivity index (χ1v) is 7.85. The molecule has 0 aliphatic rings. The van der Waals surface area contributed by atoms with Gasteiger partial charge in [-0.25, -0.2) is 4.99 Å². The highest BCUT2D eigenvalue weighted by atomic mass is 79.9. The number of nitrogens with two attached hydrogens (primary N) is 1. The summed E-state index contributed by atoms with van der Waals surface area (Å²) in [5.41, 5.74) is 8.20. The minimum absolute atomic E-state index is 0. The van der Waals surface area contributed by atoms with Crippen LogP contribution in [0.25, 0.3) is 0 Å². The fraction of sp³-hybridized carbons (Fsp3) is 0.312. The highest BCUT2D eigenvalue weighted by molar-refractivity contribution is 8.93. The van der Waals surface area contributed by atoms with E-state index in [2.05, 4.69) is 29.4 Å². The third-order valence-corrected chi connectivity index (χ3v) is 3.87. The largest absolute Gasteiger partial charge is 0.383 e. The molecule has 0 amide bonds. The van der Waals surface area contributed by atoms with E-state index in [0.717, 1.165) is 30.1 Å². The van der Waals surface area contributed by atoms with E-state index >= 15 is 0 Å². The molecule has 3 nitrogen and oxygen atoms in total. The number of benzene rings is 1. The van der Waals surface area contributed by atoms with Gasteiger partial charge >= 0.3 is 0 Å². The second-order valence-electron chi connectivity index (χ2n) is 4.64. The van der Waals surface area contributed by atoms with Crippen molar-refractivity contribution in [3.63, 3.8) is 0 Å². The van der Waals surface area contributed by atoms with Gasteiger partial charge in [-0.2, -0.15) is 0 Å². The van der Waals surface area contributed by atoms with E-state index < -0.39 is 0 Å². The lowest BCUT2D eigenvalue weighted by Crippen LogP contribution is -2.17. The van der Waals surface area contributed by atoms with Crippen LogP contribution in [0.2, 0.25) is 0 Å². The summed E-state index contributed by atoms with van der Waals surface area (Å²) in [7, 11) is 0. The number of amidine groups is 1. The zero-order valence-electron chi connectivity index (χ0n) is 12.6. The molecule has 0 unspecified atom stereocenters. The Morgan fingerprint density at radius 3 is 2.45 bits per heavy atom. The molecule has 0 fully saturated rings. The first-order valence-electron chi connectivity index (χ1n) is 6.97. The van der Waals surface area contributed by atoms with Gasteiger partial charge < -0.3 is 11.1 Å². The molecule has 0 spiro atoms. The molecule has 0 saturated heterocycles. The van der Waals surface area contributed by atoms with Gasteiger partial charge in [-0.1, -0.05) is 25.1 Å². The van der Waals surface area contributed by atoms with Crippen LogP contribution in [-0.2, 0) is 6.42 Å². The van der Waals surface area contributed by atoms with Crippen LogP contribution < -0.4 is 11.1 Å². The van der Waals surface area contributed by atoms with Gasteiger partial charge in [-0.3, -0.25) is 0 Å². The minimum Gasteiger partial charge on any atom is -0.383 e. The molecule has 2 rings (SSSR count). The Balaban J connectivity index is 0.00000220. The molecule has 22 heavy (non-hydrogen) atoms. The number of thiophene rings is 1. The predicted octanol–water partition coefficient (Wildman–Crippen LogP) is 4.48. The molecule has 0 saturated carbocycles. The van der Waals surface area contributed by atoms with Crippen molar-refractivity contribution in [1.82, 2.24) is 5.32 Å². The van der Waals surface area contributed by atoms with E-state index in [1.54, 1.807) is 11.3 Å². The maximum absolute atomic E-state index is 5.97. The molecule has 3 N–H and O–H groups in total. The lowest BCUT2D eigenvalue weighted by molar-refractivity contribution is 0.671. The Kier molecular flexibility index (Phi) is 11.5. The zero-order chi connectivity index (χ0) is 14.2. The smallest absolute Gasteiger partial charge is 0.141 e. The second-order valence-corrected chi connectivity index (χ2v) is 5.59. The standard InChI is InChI=1S/C16H21N3S.2BrH/c1-2-10-18-11-9-13-5-7-14(8-6-13)19-16(17)15-4-3-12-20-15;;/h3-8,12,18H,2,9-11H2,1H3,(H2,17,19);2*1H. The van der Waals surface area contributed by atoms with Gasteiger partial charge in [0, 0.05) is 0 Å². The highest BCUT2D eigenvalue weighted by Crippen LogP contribution is 2.16. The third-order valence-electron chi connectivity index (χ3n) is 2.98. The van der Waals surface area contributed by atoms with E-state index in [1.165, 1.54) is 12.0 Å². The van der Waals surface area contributed by atoms with Crippen LogP contribution in [0.4, 0.5) is 5.69 Å². The summed E-state index contributed by atoms with van der Waals surface area (Å²) in [5, 5.41) is 5.41. The molecule has 1 aromatic carbocycles. The van der Waals surface area contributed by atoms with Crippen LogP contribution in [0, 0.1) is 0 Å². The monoisotopic (exact) mass is 447 g/mol. The van der Waals surface area contributed by atoms with Crippen LogP contribution in [0.3, 0.4) is 0 Å². The molecule has 122 valence electrons. The van der Waals surface area contributed by atoms with Gasteiger partial charge in [0.05, 0.1) is 10.6 Å². The highest BCUT2D eigenvalue weighted by Gasteiger charge is 1.99. The molecule has 0 atom stereocenters. The lowest BCUT2D eigenvalue weighted by Gasteiger charge is -2.04. The van der Waals surface area contributed by atoms with Crippen molar-refractivity contribution in [2.75, 3.05) is 13.1 Å². The molecule has 0 aliphatic carbocycles. The molecule has 0 aliphatic heterocycles. The van der Waals surface area contributed by atoms with Crippen molar-refractivity contribution in [3.05, 3.63) is 52.2 Å². The Bertz CT molecular complexity index is 539. The molecule has 0 bridgehead atoms. The number of aliphatic imine (C=N–C) groups is 1.